The molecule has 1 N–H and O–H groups in total. The number of likely N-dealkylation sites (N-methyl/N-ethyl adjacent to an activating group) is 1. The minimum absolute atomic E-state index is 0.168. The molecular weight excluding hydrogens is 1050 g/mol. The van der Waals surface area contributed by atoms with E-state index in [1.165, 1.54) is 51.4 Å². The molecule has 476 valence electrons. The molecule has 85 heavy (non-hydrogen) atoms. The number of quaternary nitrogens is 1. The van der Waals surface area contributed by atoms with Crippen molar-refractivity contribution in [3.05, 3.63) is 182 Å². The Kier molecular flexibility index (Phi) is 60.1. The van der Waals surface area contributed by atoms with Gasteiger partial charge in [0.2, 0.25) is 0 Å². The third-order valence-electron chi connectivity index (χ3n) is 13.2. The number of carbonyl (C=O) groups is 3. The maximum atomic E-state index is 12.9. The predicted molar refractivity (Wildman–Crippen MR) is 363 cm³/mol. The summed E-state index contributed by atoms with van der Waals surface area (Å²) >= 11 is 0. The van der Waals surface area contributed by atoms with Crippen molar-refractivity contribution in [1.82, 2.24) is 0 Å². The van der Waals surface area contributed by atoms with Crippen LogP contribution in [0.2, 0.25) is 0 Å². The molecule has 0 aromatic carbocycles. The van der Waals surface area contributed by atoms with Crippen molar-refractivity contribution in [1.29, 1.82) is 0 Å². The molecule has 0 radical (unpaired) electrons. The quantitative estimate of drug-likeness (QED) is 0.0211. The largest absolute Gasteiger partial charge is 0.477 e. The standard InChI is InChI=1S/C76H119NO8/c1-6-8-10-12-14-16-18-20-22-24-26-28-30-31-32-33-34-35-36-37-38-39-40-41-42-43-45-47-49-51-53-55-57-59-61-63-65-67-74(79)85-72(71-84-76(75(80)81)82-69-68-77(3,4)5)70-83-73(78)66-64-62-60-58-56-54-52-50-48-46-44-29-27-25-23-21-19-17-15-13-11-9-7-2/h8-11,14-17,20-23,26-29,31-32,34-35,37-38,40-41,46,48,52,54,58,60,72,76H,6-7,12-13,18-19,24-25,30,33,36,39,42-45,47,49-51,53,55-57,59,61-71H2,1-5H3/p+1/b10-8-,11-9-,16-14-,17-15-,22-20-,23-21-,28-26-,29-27-,32-31-,35-34-,38-37-,41-40-,48-46-,54-52-,60-58-. The molecule has 9 heteroatoms. The first-order valence-corrected chi connectivity index (χ1v) is 32.9. The minimum atomic E-state index is -1.54. The molecule has 0 spiro atoms. The van der Waals surface area contributed by atoms with Crippen LogP contribution in [-0.2, 0) is 33.3 Å². The van der Waals surface area contributed by atoms with Crippen molar-refractivity contribution in [3.63, 3.8) is 0 Å². The first-order chi connectivity index (χ1) is 41.6. The highest BCUT2D eigenvalue weighted by Crippen LogP contribution is 2.15. The van der Waals surface area contributed by atoms with E-state index in [0.717, 1.165) is 128 Å². The normalized spacial score (nSPS) is 13.9. The number of hydrogen-bond donors (Lipinski definition) is 1. The van der Waals surface area contributed by atoms with Gasteiger partial charge >= 0.3 is 17.9 Å². The Labute approximate surface area is 519 Å². The number of carboxylic acids is 1. The number of carbonyl (C=O) groups excluding carboxylic acids is 2. The van der Waals surface area contributed by atoms with Crippen LogP contribution in [0.1, 0.15) is 219 Å². The second kappa shape index (κ2) is 64.4. The Morgan fingerprint density at radius 3 is 0.976 bits per heavy atom. The van der Waals surface area contributed by atoms with E-state index >= 15 is 0 Å². The molecule has 0 aliphatic rings. The maximum absolute atomic E-state index is 12.9. The fourth-order valence-corrected chi connectivity index (χ4v) is 8.19. The van der Waals surface area contributed by atoms with Crippen molar-refractivity contribution in [2.75, 3.05) is 47.5 Å². The SMILES string of the molecule is CC/C=C\C/C=C\C/C=C\C/C=C\C/C=C\C/C=C\C/C=C\C/C=C\CCCCCCCCCCCCCCC(=O)OC(COC(=O)CCC/C=C\C/C=C\C/C=C\C/C=C\C/C=C\C/C=C\C/C=C\CC)COC(OCC[N+](C)(C)C)C(=O)O. The average Bonchev–Trinajstić information content (AvgIpc) is 3.48. The summed E-state index contributed by atoms with van der Waals surface area (Å²) in [5, 5.41) is 9.73. The van der Waals surface area contributed by atoms with Crippen LogP contribution >= 0.6 is 0 Å². The molecular formula is C76H120NO8+. The van der Waals surface area contributed by atoms with Gasteiger partial charge < -0.3 is 28.5 Å². The Bertz CT molecular complexity index is 2050. The van der Waals surface area contributed by atoms with Gasteiger partial charge in [-0.1, -0.05) is 260 Å². The summed E-state index contributed by atoms with van der Waals surface area (Å²) in [4.78, 5) is 37.5. The maximum Gasteiger partial charge on any atom is 0.361 e. The number of esters is 2. The summed E-state index contributed by atoms with van der Waals surface area (Å²) in [5.74, 6) is -2.11. The average molecular weight is 1180 g/mol. The van der Waals surface area contributed by atoms with Crippen molar-refractivity contribution in [3.8, 4) is 0 Å². The van der Waals surface area contributed by atoms with Gasteiger partial charge in [0.25, 0.3) is 6.29 Å². The van der Waals surface area contributed by atoms with Crippen molar-refractivity contribution in [2.45, 2.75) is 232 Å². The van der Waals surface area contributed by atoms with E-state index in [-0.39, 0.29) is 32.7 Å². The van der Waals surface area contributed by atoms with Gasteiger partial charge in [-0.15, -0.1) is 0 Å². The Morgan fingerprint density at radius 2 is 0.647 bits per heavy atom. The molecule has 9 nitrogen and oxygen atoms in total. The lowest BCUT2D eigenvalue weighted by Gasteiger charge is -2.25. The monoisotopic (exact) mass is 1170 g/mol. The molecule has 0 fully saturated rings. The topological polar surface area (TPSA) is 108 Å². The van der Waals surface area contributed by atoms with Crippen LogP contribution in [0.15, 0.2) is 182 Å². The van der Waals surface area contributed by atoms with Crippen LogP contribution in [0, 0.1) is 0 Å². The molecule has 2 atom stereocenters. The summed E-state index contributed by atoms with van der Waals surface area (Å²) in [6.45, 7) is 4.55. The van der Waals surface area contributed by atoms with Gasteiger partial charge in [0, 0.05) is 12.8 Å². The van der Waals surface area contributed by atoms with Crippen LogP contribution in [0.5, 0.6) is 0 Å². The summed E-state index contributed by atoms with van der Waals surface area (Å²) in [6.07, 6.45) is 95.7. The summed E-state index contributed by atoms with van der Waals surface area (Å²) in [7, 11) is 5.94. The number of aliphatic carboxylic acids is 1. The molecule has 0 amide bonds. The highest BCUT2D eigenvalue weighted by molar-refractivity contribution is 5.71. The Balaban J connectivity index is 4.26. The van der Waals surface area contributed by atoms with Crippen LogP contribution in [0.4, 0.5) is 0 Å². The number of rotatable bonds is 58. The number of nitrogens with zero attached hydrogens (tertiary/aromatic N) is 1. The zero-order valence-electron chi connectivity index (χ0n) is 54.2. The fourth-order valence-electron chi connectivity index (χ4n) is 8.19. The van der Waals surface area contributed by atoms with E-state index in [9.17, 15) is 19.5 Å². The smallest absolute Gasteiger partial charge is 0.361 e. The van der Waals surface area contributed by atoms with Crippen LogP contribution in [-0.4, -0.2) is 87.4 Å². The van der Waals surface area contributed by atoms with Crippen LogP contribution in [0.25, 0.3) is 0 Å². The third kappa shape index (κ3) is 65.8. The number of unbranched alkanes of at least 4 members (excludes halogenated alkanes) is 13. The molecule has 0 bridgehead atoms. The lowest BCUT2D eigenvalue weighted by Crippen LogP contribution is -2.40. The highest BCUT2D eigenvalue weighted by atomic mass is 16.7. The summed E-state index contributed by atoms with van der Waals surface area (Å²) in [5.41, 5.74) is 0. The minimum Gasteiger partial charge on any atom is -0.477 e. The number of ether oxygens (including phenoxy) is 4. The van der Waals surface area contributed by atoms with Gasteiger partial charge in [-0.3, -0.25) is 9.59 Å². The van der Waals surface area contributed by atoms with Gasteiger partial charge in [0.15, 0.2) is 6.10 Å². The highest BCUT2D eigenvalue weighted by Gasteiger charge is 2.25. The number of allylic oxidation sites excluding steroid dienone is 30. The first-order valence-electron chi connectivity index (χ1n) is 32.9. The van der Waals surface area contributed by atoms with Crippen molar-refractivity contribution < 1.29 is 42.9 Å². The third-order valence-corrected chi connectivity index (χ3v) is 13.2. The van der Waals surface area contributed by atoms with Gasteiger partial charge in [-0.05, 0) is 128 Å². The van der Waals surface area contributed by atoms with Crippen molar-refractivity contribution >= 4 is 17.9 Å². The molecule has 2 unspecified atom stereocenters. The van der Waals surface area contributed by atoms with Gasteiger partial charge in [0.05, 0.1) is 34.4 Å². The molecule has 0 rings (SSSR count). The van der Waals surface area contributed by atoms with Gasteiger partial charge in [0.1, 0.15) is 13.2 Å². The molecule has 0 heterocycles. The lowest BCUT2D eigenvalue weighted by molar-refractivity contribution is -0.870. The summed E-state index contributed by atoms with van der Waals surface area (Å²) < 4.78 is 22.8. The van der Waals surface area contributed by atoms with Crippen LogP contribution < -0.4 is 0 Å². The Hall–Kier alpha value is -5.61. The van der Waals surface area contributed by atoms with E-state index in [2.05, 4.69) is 196 Å². The van der Waals surface area contributed by atoms with E-state index in [4.69, 9.17) is 18.9 Å². The van der Waals surface area contributed by atoms with E-state index in [0.29, 0.717) is 23.9 Å². The summed E-state index contributed by atoms with van der Waals surface area (Å²) in [6, 6.07) is 0. The van der Waals surface area contributed by atoms with E-state index in [1.54, 1.807) is 0 Å². The number of hydrogen-bond acceptors (Lipinski definition) is 7. The molecule has 0 aliphatic carbocycles. The predicted octanol–water partition coefficient (Wildman–Crippen LogP) is 20.5. The zero-order valence-corrected chi connectivity index (χ0v) is 54.2. The lowest BCUT2D eigenvalue weighted by atomic mass is 10.0. The van der Waals surface area contributed by atoms with Crippen LogP contribution in [0.3, 0.4) is 0 Å². The second-order valence-corrected chi connectivity index (χ2v) is 22.3. The molecule has 0 aliphatic heterocycles. The molecule has 0 aromatic rings. The van der Waals surface area contributed by atoms with E-state index < -0.39 is 30.3 Å². The van der Waals surface area contributed by atoms with Crippen molar-refractivity contribution in [2.24, 2.45) is 0 Å². The first kappa shape index (κ1) is 79.4. The van der Waals surface area contributed by atoms with E-state index in [1.807, 2.05) is 21.1 Å². The molecule has 0 saturated heterocycles. The van der Waals surface area contributed by atoms with Gasteiger partial charge in [-0.2, -0.15) is 0 Å². The fraction of sp³-hybridized carbons (Fsp3) is 0.566. The van der Waals surface area contributed by atoms with Gasteiger partial charge in [-0.25, -0.2) is 4.79 Å². The number of carboxylic acid groups (broad SMARTS) is 1. The second-order valence-electron chi connectivity index (χ2n) is 22.3. The Morgan fingerprint density at radius 1 is 0.353 bits per heavy atom. The molecule has 0 saturated carbocycles. The zero-order chi connectivity index (χ0) is 61.9. The molecule has 0 aromatic heterocycles.